The Morgan fingerprint density at radius 3 is 1.60 bits per heavy atom. The third-order valence-electron chi connectivity index (χ3n) is 9.15. The first-order valence-corrected chi connectivity index (χ1v) is 18.4. The number of thiophene rings is 1. The van der Waals surface area contributed by atoms with Gasteiger partial charge in [-0.25, -0.2) is 4.79 Å². The van der Waals surface area contributed by atoms with E-state index < -0.39 is 5.97 Å². The van der Waals surface area contributed by atoms with E-state index in [9.17, 15) is 20.0 Å². The number of hydrogen-bond acceptors (Lipinski definition) is 5. The molecule has 1 heterocycles. The summed E-state index contributed by atoms with van der Waals surface area (Å²) in [5.74, 6) is -1.15. The molecule has 0 radical (unpaired) electrons. The number of hydrogen-bond donors (Lipinski definition) is 1. The van der Waals surface area contributed by atoms with Gasteiger partial charge in [-0.3, -0.25) is 4.79 Å². The Hall–Kier alpha value is -6.03. The minimum atomic E-state index is -1.26. The predicted molar refractivity (Wildman–Crippen MR) is 217 cm³/mol. The first-order chi connectivity index (χ1) is 25.2. The van der Waals surface area contributed by atoms with Crippen LogP contribution in [0.2, 0.25) is 0 Å². The van der Waals surface area contributed by atoms with Gasteiger partial charge in [-0.2, -0.15) is 5.26 Å². The van der Waals surface area contributed by atoms with Gasteiger partial charge in [-0.15, -0.1) is 11.3 Å². The van der Waals surface area contributed by atoms with Crippen molar-refractivity contribution in [3.8, 4) is 6.07 Å². The highest BCUT2D eigenvalue weighted by molar-refractivity contribution is 7.08. The number of carboxylic acids is 1. The second-order valence-corrected chi connectivity index (χ2v) is 16.2. The fraction of sp³-hybridized carbons (Fsp3) is 0.170. The van der Waals surface area contributed by atoms with Gasteiger partial charge in [0.1, 0.15) is 11.6 Å². The molecule has 264 valence electrons. The molecule has 6 rings (SSSR count). The van der Waals surface area contributed by atoms with Crippen molar-refractivity contribution < 1.29 is 14.7 Å². The van der Waals surface area contributed by atoms with Crippen molar-refractivity contribution in [1.82, 2.24) is 0 Å². The Kier molecular flexibility index (Phi) is 10.3. The molecule has 1 N–H and O–H groups in total. The van der Waals surface area contributed by atoms with Crippen LogP contribution in [0.4, 0.5) is 17.1 Å². The normalized spacial score (nSPS) is 14.2. The summed E-state index contributed by atoms with van der Waals surface area (Å²) in [6.07, 6.45) is 5.49. The predicted octanol–water partition coefficient (Wildman–Crippen LogP) is 10.1. The lowest BCUT2D eigenvalue weighted by Crippen LogP contribution is -2.28. The number of nitriles is 1. The van der Waals surface area contributed by atoms with Crippen LogP contribution in [0.1, 0.15) is 58.2 Å². The van der Waals surface area contributed by atoms with Gasteiger partial charge in [0, 0.05) is 42.8 Å². The van der Waals surface area contributed by atoms with Gasteiger partial charge in [0.2, 0.25) is 0 Å². The Morgan fingerprint density at radius 2 is 1.15 bits per heavy atom. The molecule has 0 fully saturated rings. The smallest absolute Gasteiger partial charge is 0.346 e. The van der Waals surface area contributed by atoms with Gasteiger partial charge in [-0.1, -0.05) is 114 Å². The molecular formula is C47H42N2O3S. The second kappa shape index (κ2) is 14.9. The van der Waals surface area contributed by atoms with Crippen molar-refractivity contribution in [3.05, 3.63) is 176 Å². The molecule has 5 nitrogen and oxygen atoms in total. The Bertz CT molecular complexity index is 2350. The number of carboxylic acid groups (broad SMARTS) is 1. The van der Waals surface area contributed by atoms with Crippen molar-refractivity contribution in [2.75, 3.05) is 4.90 Å². The number of aliphatic carboxylic acids is 1. The van der Waals surface area contributed by atoms with E-state index in [0.717, 1.165) is 59.5 Å². The fourth-order valence-corrected chi connectivity index (χ4v) is 7.48. The van der Waals surface area contributed by atoms with E-state index in [1.807, 2.05) is 60.7 Å². The summed E-state index contributed by atoms with van der Waals surface area (Å²) in [6.45, 7) is 12.5. The lowest BCUT2D eigenvalue weighted by Gasteiger charge is -2.31. The molecule has 4 aromatic carbocycles. The maximum absolute atomic E-state index is 13.7. The summed E-state index contributed by atoms with van der Waals surface area (Å²) in [5, 5.41) is 18.7. The molecule has 1 aliphatic carbocycles. The monoisotopic (exact) mass is 714 g/mol. The summed E-state index contributed by atoms with van der Waals surface area (Å²) in [5.41, 5.74) is 8.37. The van der Waals surface area contributed by atoms with Gasteiger partial charge in [-0.05, 0) is 99.9 Å². The average Bonchev–Trinajstić information content (AvgIpc) is 3.62. The summed E-state index contributed by atoms with van der Waals surface area (Å²) in [6, 6.07) is 42.7. The molecular weight excluding hydrogens is 673 g/mol. The number of carbonyl (C=O) groups is 2. The number of allylic oxidation sites excluding steroid dienone is 4. The van der Waals surface area contributed by atoms with Crippen LogP contribution in [0.3, 0.4) is 0 Å². The van der Waals surface area contributed by atoms with Crippen LogP contribution in [0.15, 0.2) is 150 Å². The van der Waals surface area contributed by atoms with Gasteiger partial charge in [0.05, 0.1) is 0 Å². The highest BCUT2D eigenvalue weighted by Gasteiger charge is 2.34. The highest BCUT2D eigenvalue weighted by Crippen LogP contribution is 2.39. The number of para-hydroxylation sites is 2. The number of nitrogens with zero attached hydrogens (tertiary/aromatic N) is 2. The van der Waals surface area contributed by atoms with Crippen molar-refractivity contribution in [2.45, 2.75) is 41.5 Å². The Labute approximate surface area is 315 Å². The van der Waals surface area contributed by atoms with E-state index in [1.54, 1.807) is 17.4 Å². The zero-order valence-corrected chi connectivity index (χ0v) is 31.7. The van der Waals surface area contributed by atoms with Crippen LogP contribution < -0.4 is 14.0 Å². The number of Topliss-reactive ketones (excluding diaryl/α,β-unsaturated/α-hetero) is 1. The maximum atomic E-state index is 13.7. The quantitative estimate of drug-likeness (QED) is 0.134. The first kappa shape index (κ1) is 36.8. The van der Waals surface area contributed by atoms with Crippen LogP contribution >= 0.6 is 11.3 Å². The Balaban J connectivity index is 1.55. The molecule has 0 amide bonds. The fourth-order valence-electron chi connectivity index (χ4n) is 6.40. The van der Waals surface area contributed by atoms with E-state index in [2.05, 4.69) is 119 Å². The maximum Gasteiger partial charge on any atom is 0.346 e. The van der Waals surface area contributed by atoms with Gasteiger partial charge >= 0.3 is 5.97 Å². The van der Waals surface area contributed by atoms with Gasteiger partial charge in [0.15, 0.2) is 5.78 Å². The van der Waals surface area contributed by atoms with Crippen molar-refractivity contribution in [2.24, 2.45) is 10.8 Å². The summed E-state index contributed by atoms with van der Waals surface area (Å²) >= 11 is 1.67. The number of anilines is 3. The van der Waals surface area contributed by atoms with E-state index in [4.69, 9.17) is 0 Å². The number of rotatable bonds is 7. The van der Waals surface area contributed by atoms with Crippen LogP contribution in [0.5, 0.6) is 0 Å². The Morgan fingerprint density at radius 1 is 0.679 bits per heavy atom. The molecule has 0 bridgehead atoms. The number of benzene rings is 4. The standard InChI is InChI=1S/C47H42N2O3S/c1-46(2,3)39-28-34(29-40(44(39)50)47(4,5)6)41-25-26-42(53-41)43(32-19-17-31(18-20-32)27-35(30-48)45(51)52)33-21-23-38(24-22-33)49(36-13-9-7-10-14-36)37-15-11-8-12-16-37/h7-29H,1-6H3,(H,51,52)/b35-27-,43-42+. The van der Waals surface area contributed by atoms with E-state index in [1.165, 1.54) is 6.08 Å². The van der Waals surface area contributed by atoms with Crippen molar-refractivity contribution >= 4 is 57.4 Å². The molecule has 0 saturated heterocycles. The largest absolute Gasteiger partial charge is 0.477 e. The summed E-state index contributed by atoms with van der Waals surface area (Å²) in [4.78, 5) is 27.4. The van der Waals surface area contributed by atoms with E-state index >= 15 is 0 Å². The van der Waals surface area contributed by atoms with Crippen LogP contribution in [0, 0.1) is 22.2 Å². The number of ketones is 1. The van der Waals surface area contributed by atoms with Gasteiger partial charge < -0.3 is 10.0 Å². The molecule has 1 aliphatic rings. The van der Waals surface area contributed by atoms with Crippen LogP contribution in [-0.2, 0) is 9.59 Å². The topological polar surface area (TPSA) is 81.4 Å². The molecule has 6 heteroatoms. The van der Waals surface area contributed by atoms with Crippen molar-refractivity contribution in [3.63, 3.8) is 0 Å². The minimum absolute atomic E-state index is 0.106. The lowest BCUT2D eigenvalue weighted by atomic mass is 9.72. The molecule has 0 aliphatic heterocycles. The first-order valence-electron chi connectivity index (χ1n) is 17.5. The zero-order valence-electron chi connectivity index (χ0n) is 30.8. The summed E-state index contributed by atoms with van der Waals surface area (Å²) < 4.78 is 2.10. The second-order valence-electron chi connectivity index (χ2n) is 15.1. The third kappa shape index (κ3) is 8.07. The van der Waals surface area contributed by atoms with Crippen LogP contribution in [-0.4, -0.2) is 16.9 Å². The highest BCUT2D eigenvalue weighted by atomic mass is 32.1. The van der Waals surface area contributed by atoms with E-state index in [0.29, 0.717) is 5.56 Å². The molecule has 0 saturated carbocycles. The molecule has 0 atom stereocenters. The molecule has 53 heavy (non-hydrogen) atoms. The lowest BCUT2D eigenvalue weighted by molar-refractivity contribution is -0.132. The zero-order chi connectivity index (χ0) is 37.9. The van der Waals surface area contributed by atoms with Crippen LogP contribution in [0.25, 0.3) is 17.2 Å². The van der Waals surface area contributed by atoms with Gasteiger partial charge in [0.25, 0.3) is 0 Å². The van der Waals surface area contributed by atoms with E-state index in [-0.39, 0.29) is 22.2 Å². The minimum Gasteiger partial charge on any atom is -0.477 e. The van der Waals surface area contributed by atoms with Crippen molar-refractivity contribution in [1.29, 1.82) is 5.26 Å². The third-order valence-corrected chi connectivity index (χ3v) is 10.3. The molecule has 0 unspecified atom stereocenters. The molecule has 0 spiro atoms. The molecule has 1 aromatic heterocycles. The average molecular weight is 715 g/mol. The molecule has 5 aromatic rings. The SMILES string of the molecule is CC(C)(C)C1=CC(=c2cc/c(=C(/c3ccc(/C=C(/C#N)C(=O)O)cc3)c3ccc(N(c4ccccc4)c4ccccc4)cc3)s2)C=C(C(C)(C)C)C1=O. The summed E-state index contributed by atoms with van der Waals surface area (Å²) in [7, 11) is 0. The number of carbonyl (C=O) groups excluding carboxylic acids is 1.